The van der Waals surface area contributed by atoms with Crippen molar-refractivity contribution < 1.29 is 24.0 Å². The summed E-state index contributed by atoms with van der Waals surface area (Å²) in [7, 11) is 0. The number of hydrogen-bond acceptors (Lipinski definition) is 6. The number of aryl methyl sites for hydroxylation is 1. The summed E-state index contributed by atoms with van der Waals surface area (Å²) in [4.78, 5) is 68.3. The zero-order valence-corrected chi connectivity index (χ0v) is 29.9. The van der Waals surface area contributed by atoms with Crippen LogP contribution in [0.1, 0.15) is 64.1 Å². The maximum atomic E-state index is 14.1. The topological polar surface area (TPSA) is 121 Å². The minimum Gasteiger partial charge on any atom is -0.324 e. The lowest BCUT2D eigenvalue weighted by Crippen LogP contribution is -2.30. The molecule has 0 aliphatic heterocycles. The number of amides is 3. The molecule has 3 amide bonds. The standard InChI is InChI=1S/C45H33N3O5S/c1-28-12-10-13-29(26-28)27-38(48-43(51)31-16-6-3-7-17-31)44(52)46-32-22-24-33(25-23-32)54-42(30-14-4-2-5-15-30)45(53)47-37-21-11-20-36-39(37)41(50)35-19-9-8-18-34(35)40(36)49/h2-27,42H,1H3,(H,46,52)(H,47,53)(H,48,51)/b38-27-. The van der Waals surface area contributed by atoms with Gasteiger partial charge in [0.2, 0.25) is 5.91 Å². The second kappa shape index (κ2) is 15.8. The summed E-state index contributed by atoms with van der Waals surface area (Å²) in [5.74, 6) is -1.90. The second-order valence-electron chi connectivity index (χ2n) is 12.6. The van der Waals surface area contributed by atoms with Crippen LogP contribution in [0.2, 0.25) is 0 Å². The third-order valence-electron chi connectivity index (χ3n) is 8.80. The lowest BCUT2D eigenvalue weighted by Gasteiger charge is -2.22. The van der Waals surface area contributed by atoms with Gasteiger partial charge in [-0.3, -0.25) is 24.0 Å². The summed E-state index contributed by atoms with van der Waals surface area (Å²) in [5.41, 5.74) is 4.77. The molecule has 1 atom stereocenters. The number of anilines is 2. The molecular weight excluding hydrogens is 695 g/mol. The highest BCUT2D eigenvalue weighted by molar-refractivity contribution is 8.00. The Morgan fingerprint density at radius 1 is 0.630 bits per heavy atom. The van der Waals surface area contributed by atoms with Crippen molar-refractivity contribution in [3.8, 4) is 0 Å². The lowest BCUT2D eigenvalue weighted by atomic mass is 9.83. The maximum Gasteiger partial charge on any atom is 0.272 e. The molecular formula is C45H33N3O5S. The molecule has 0 aromatic heterocycles. The number of hydrogen-bond donors (Lipinski definition) is 3. The van der Waals surface area contributed by atoms with Crippen molar-refractivity contribution in [2.45, 2.75) is 17.1 Å². The third kappa shape index (κ3) is 7.81. The summed E-state index contributed by atoms with van der Waals surface area (Å²) in [6.07, 6.45) is 1.63. The molecule has 54 heavy (non-hydrogen) atoms. The average molecular weight is 728 g/mol. The van der Waals surface area contributed by atoms with Gasteiger partial charge in [-0.15, -0.1) is 11.8 Å². The van der Waals surface area contributed by atoms with Gasteiger partial charge in [-0.2, -0.15) is 0 Å². The molecule has 0 spiro atoms. The summed E-state index contributed by atoms with van der Waals surface area (Å²) in [6.45, 7) is 1.95. The molecule has 1 aliphatic carbocycles. The molecule has 3 N–H and O–H groups in total. The van der Waals surface area contributed by atoms with E-state index in [2.05, 4.69) is 16.0 Å². The van der Waals surface area contributed by atoms with E-state index >= 15 is 0 Å². The van der Waals surface area contributed by atoms with Crippen molar-refractivity contribution in [2.24, 2.45) is 0 Å². The smallest absolute Gasteiger partial charge is 0.272 e. The zero-order chi connectivity index (χ0) is 37.6. The molecule has 0 radical (unpaired) electrons. The van der Waals surface area contributed by atoms with Crippen LogP contribution in [-0.2, 0) is 9.59 Å². The Kier molecular flexibility index (Phi) is 10.4. The molecule has 6 aromatic carbocycles. The van der Waals surface area contributed by atoms with Gasteiger partial charge >= 0.3 is 0 Å². The van der Waals surface area contributed by atoms with E-state index in [4.69, 9.17) is 0 Å². The molecule has 6 aromatic rings. The Morgan fingerprint density at radius 2 is 1.26 bits per heavy atom. The van der Waals surface area contributed by atoms with E-state index in [9.17, 15) is 24.0 Å². The van der Waals surface area contributed by atoms with Crippen molar-refractivity contribution in [3.63, 3.8) is 0 Å². The fourth-order valence-electron chi connectivity index (χ4n) is 6.17. The highest BCUT2D eigenvalue weighted by Gasteiger charge is 2.33. The van der Waals surface area contributed by atoms with Crippen molar-refractivity contribution >= 4 is 58.5 Å². The van der Waals surface area contributed by atoms with Gasteiger partial charge in [0.05, 0.1) is 11.3 Å². The molecule has 8 nitrogen and oxygen atoms in total. The van der Waals surface area contributed by atoms with E-state index in [0.29, 0.717) is 22.4 Å². The third-order valence-corrected chi connectivity index (χ3v) is 10.1. The summed E-state index contributed by atoms with van der Waals surface area (Å²) in [6, 6.07) is 44.1. The van der Waals surface area contributed by atoms with Gasteiger partial charge in [-0.25, -0.2) is 0 Å². The number of fused-ring (bicyclic) bond motifs is 2. The van der Waals surface area contributed by atoms with Crippen LogP contribution in [-0.4, -0.2) is 29.3 Å². The van der Waals surface area contributed by atoms with Gasteiger partial charge in [-0.1, -0.05) is 115 Å². The van der Waals surface area contributed by atoms with Crippen molar-refractivity contribution in [1.29, 1.82) is 0 Å². The van der Waals surface area contributed by atoms with Gasteiger partial charge < -0.3 is 16.0 Å². The number of nitrogens with one attached hydrogen (secondary N) is 3. The van der Waals surface area contributed by atoms with Gasteiger partial charge in [0.25, 0.3) is 11.8 Å². The molecule has 9 heteroatoms. The van der Waals surface area contributed by atoms with E-state index in [1.54, 1.807) is 97.1 Å². The second-order valence-corrected chi connectivity index (χ2v) is 13.8. The average Bonchev–Trinajstić information content (AvgIpc) is 3.20. The highest BCUT2D eigenvalue weighted by atomic mass is 32.2. The van der Waals surface area contributed by atoms with Gasteiger partial charge in [0.1, 0.15) is 10.9 Å². The number of benzene rings is 6. The number of rotatable bonds is 10. The Hall–Kier alpha value is -6.84. The minimum atomic E-state index is -0.735. The van der Waals surface area contributed by atoms with Crippen LogP contribution in [0.3, 0.4) is 0 Å². The van der Waals surface area contributed by atoms with Crippen molar-refractivity contribution in [3.05, 3.63) is 202 Å². The van der Waals surface area contributed by atoms with Crippen LogP contribution in [0, 0.1) is 6.92 Å². The maximum absolute atomic E-state index is 14.1. The molecule has 0 fully saturated rings. The summed E-state index contributed by atoms with van der Waals surface area (Å²) >= 11 is 1.29. The van der Waals surface area contributed by atoms with E-state index in [1.165, 1.54) is 11.8 Å². The normalized spacial score (nSPS) is 12.6. The first kappa shape index (κ1) is 35.6. The van der Waals surface area contributed by atoms with Crippen LogP contribution in [0.15, 0.2) is 162 Å². The largest absolute Gasteiger partial charge is 0.324 e. The molecule has 1 aliphatic rings. The molecule has 0 heterocycles. The quantitative estimate of drug-likeness (QED) is 0.0958. The molecule has 1 unspecified atom stereocenters. The fourth-order valence-corrected chi connectivity index (χ4v) is 7.19. The number of carbonyl (C=O) groups is 5. The molecule has 0 bridgehead atoms. The Balaban J connectivity index is 1.10. The first-order valence-corrected chi connectivity index (χ1v) is 18.0. The van der Waals surface area contributed by atoms with Crippen LogP contribution in [0.25, 0.3) is 6.08 Å². The van der Waals surface area contributed by atoms with Gasteiger partial charge in [0, 0.05) is 32.8 Å². The predicted molar refractivity (Wildman–Crippen MR) is 212 cm³/mol. The van der Waals surface area contributed by atoms with Crippen LogP contribution in [0.5, 0.6) is 0 Å². The Bertz CT molecular complexity index is 2440. The van der Waals surface area contributed by atoms with E-state index in [0.717, 1.165) is 21.6 Å². The Morgan fingerprint density at radius 3 is 1.96 bits per heavy atom. The number of ketones is 2. The predicted octanol–water partition coefficient (Wildman–Crippen LogP) is 8.65. The molecule has 0 saturated carbocycles. The summed E-state index contributed by atoms with van der Waals surface area (Å²) < 4.78 is 0. The first-order chi connectivity index (χ1) is 26.2. The molecule has 7 rings (SSSR count). The monoisotopic (exact) mass is 727 g/mol. The highest BCUT2D eigenvalue weighted by Crippen LogP contribution is 2.38. The fraction of sp³-hybridized carbons (Fsp3) is 0.0444. The van der Waals surface area contributed by atoms with Crippen LogP contribution in [0.4, 0.5) is 11.4 Å². The van der Waals surface area contributed by atoms with Crippen LogP contribution < -0.4 is 16.0 Å². The Labute approximate surface area is 316 Å². The number of thioether (sulfide) groups is 1. The van der Waals surface area contributed by atoms with E-state index in [-0.39, 0.29) is 40.0 Å². The van der Waals surface area contributed by atoms with E-state index < -0.39 is 17.1 Å². The first-order valence-electron chi connectivity index (χ1n) is 17.2. The minimum absolute atomic E-state index is 0.0699. The van der Waals surface area contributed by atoms with E-state index in [1.807, 2.05) is 67.6 Å². The van der Waals surface area contributed by atoms with Gasteiger partial charge in [-0.05, 0) is 66.6 Å². The number of carbonyl (C=O) groups excluding carboxylic acids is 5. The molecule has 0 saturated heterocycles. The SMILES string of the molecule is Cc1cccc(/C=C(\NC(=O)c2ccccc2)C(=O)Nc2ccc(SC(C(=O)Nc3cccc4c3C(=O)c3ccccc3C4=O)c3ccccc3)cc2)c1. The van der Waals surface area contributed by atoms with Crippen molar-refractivity contribution in [1.82, 2.24) is 5.32 Å². The van der Waals surface area contributed by atoms with Crippen molar-refractivity contribution in [2.75, 3.05) is 10.6 Å². The van der Waals surface area contributed by atoms with Crippen LogP contribution >= 0.6 is 11.8 Å². The molecule has 264 valence electrons. The zero-order valence-electron chi connectivity index (χ0n) is 29.0. The lowest BCUT2D eigenvalue weighted by molar-refractivity contribution is -0.116. The van der Waals surface area contributed by atoms with Gasteiger partial charge in [0.15, 0.2) is 11.6 Å². The summed E-state index contributed by atoms with van der Waals surface area (Å²) in [5, 5.41) is 7.84.